The standard InChI is InChI=1S/C17H20O5/c1-21-14(19)12-13(15(20)22-2)17-10-5-3-9(4-6-10)16(12,17)8-7-11(17)18/h7-10,12-13H,3-6H2,1-2H3. The number of carbonyl (C=O) groups is 3. The molecule has 118 valence electrons. The van der Waals surface area contributed by atoms with Crippen molar-refractivity contribution in [2.75, 3.05) is 14.2 Å². The molecule has 2 bridgehead atoms. The zero-order chi connectivity index (χ0) is 15.7. The lowest BCUT2D eigenvalue weighted by atomic mass is 9.27. The van der Waals surface area contributed by atoms with Gasteiger partial charge in [0.25, 0.3) is 0 Å². The van der Waals surface area contributed by atoms with Crippen molar-refractivity contribution in [1.82, 2.24) is 0 Å². The summed E-state index contributed by atoms with van der Waals surface area (Å²) in [5, 5.41) is 0. The topological polar surface area (TPSA) is 69.7 Å². The molecule has 0 N–H and O–H groups in total. The third kappa shape index (κ3) is 1.15. The summed E-state index contributed by atoms with van der Waals surface area (Å²) >= 11 is 0. The predicted octanol–water partition coefficient (Wildman–Crippen LogP) is 1.51. The highest BCUT2D eigenvalue weighted by Gasteiger charge is 2.85. The van der Waals surface area contributed by atoms with Crippen LogP contribution in [0.2, 0.25) is 0 Å². The molecule has 0 heterocycles. The molecule has 4 unspecified atom stereocenters. The second-order valence-corrected chi connectivity index (χ2v) is 7.05. The molecule has 0 aromatic heterocycles. The van der Waals surface area contributed by atoms with E-state index in [9.17, 15) is 14.4 Å². The number of methoxy groups -OCH3 is 2. The molecule has 0 aromatic carbocycles. The lowest BCUT2D eigenvalue weighted by Gasteiger charge is -2.73. The Kier molecular flexibility index (Phi) is 2.67. The second kappa shape index (κ2) is 4.21. The average molecular weight is 304 g/mol. The van der Waals surface area contributed by atoms with Gasteiger partial charge in [-0.05, 0) is 43.6 Å². The van der Waals surface area contributed by atoms with Crippen LogP contribution in [-0.2, 0) is 23.9 Å². The van der Waals surface area contributed by atoms with E-state index >= 15 is 0 Å². The van der Waals surface area contributed by atoms with E-state index in [1.165, 1.54) is 14.2 Å². The number of fused-ring (bicyclic) bond motifs is 2. The first-order valence-electron chi connectivity index (χ1n) is 7.95. The highest BCUT2D eigenvalue weighted by Crippen LogP contribution is 2.81. The second-order valence-electron chi connectivity index (χ2n) is 7.05. The van der Waals surface area contributed by atoms with Gasteiger partial charge in [-0.15, -0.1) is 0 Å². The van der Waals surface area contributed by atoms with Crippen LogP contribution in [-0.4, -0.2) is 31.9 Å². The summed E-state index contributed by atoms with van der Waals surface area (Å²) in [5.74, 6) is -1.65. The molecule has 4 saturated carbocycles. The summed E-state index contributed by atoms with van der Waals surface area (Å²) in [6, 6.07) is 0. The molecule has 0 amide bonds. The van der Waals surface area contributed by atoms with Crippen molar-refractivity contribution in [3.05, 3.63) is 12.2 Å². The van der Waals surface area contributed by atoms with Gasteiger partial charge in [-0.1, -0.05) is 6.08 Å². The van der Waals surface area contributed by atoms with Crippen molar-refractivity contribution in [2.45, 2.75) is 25.7 Å². The number of hydrogen-bond acceptors (Lipinski definition) is 5. The first kappa shape index (κ1) is 14.0. The largest absolute Gasteiger partial charge is 0.469 e. The average Bonchev–Trinajstić information content (AvgIpc) is 2.81. The lowest BCUT2D eigenvalue weighted by molar-refractivity contribution is -0.264. The maximum atomic E-state index is 12.8. The van der Waals surface area contributed by atoms with E-state index in [4.69, 9.17) is 9.47 Å². The molecule has 0 radical (unpaired) electrons. The van der Waals surface area contributed by atoms with Gasteiger partial charge in [0.05, 0.1) is 31.5 Å². The molecule has 0 saturated heterocycles. The summed E-state index contributed by atoms with van der Waals surface area (Å²) < 4.78 is 9.94. The number of esters is 2. The van der Waals surface area contributed by atoms with Gasteiger partial charge in [0, 0.05) is 5.41 Å². The van der Waals surface area contributed by atoms with Crippen LogP contribution in [0.15, 0.2) is 12.2 Å². The maximum Gasteiger partial charge on any atom is 0.310 e. The summed E-state index contributed by atoms with van der Waals surface area (Å²) in [6.07, 6.45) is 7.49. The van der Waals surface area contributed by atoms with Crippen LogP contribution in [0.3, 0.4) is 0 Å². The Hall–Kier alpha value is -1.65. The molecule has 0 spiro atoms. The third-order valence-corrected chi connectivity index (χ3v) is 6.93. The molecular formula is C17H20O5. The Morgan fingerprint density at radius 3 is 2.14 bits per heavy atom. The van der Waals surface area contributed by atoms with Crippen LogP contribution < -0.4 is 0 Å². The van der Waals surface area contributed by atoms with Gasteiger partial charge in [0.2, 0.25) is 0 Å². The van der Waals surface area contributed by atoms with Gasteiger partial charge in [-0.2, -0.15) is 0 Å². The monoisotopic (exact) mass is 304 g/mol. The minimum Gasteiger partial charge on any atom is -0.469 e. The predicted molar refractivity (Wildman–Crippen MR) is 75.5 cm³/mol. The smallest absolute Gasteiger partial charge is 0.310 e. The van der Waals surface area contributed by atoms with Crippen molar-refractivity contribution in [1.29, 1.82) is 0 Å². The van der Waals surface area contributed by atoms with Crippen LogP contribution in [0.1, 0.15) is 25.7 Å². The summed E-state index contributed by atoms with van der Waals surface area (Å²) in [4.78, 5) is 37.7. The molecule has 0 aliphatic heterocycles. The van der Waals surface area contributed by atoms with Crippen molar-refractivity contribution < 1.29 is 23.9 Å². The minimum atomic E-state index is -0.750. The van der Waals surface area contributed by atoms with E-state index in [0.717, 1.165) is 25.7 Å². The zero-order valence-electron chi connectivity index (χ0n) is 12.8. The van der Waals surface area contributed by atoms with Crippen LogP contribution in [0, 0.1) is 34.5 Å². The molecule has 22 heavy (non-hydrogen) atoms. The number of allylic oxidation sites excluding steroid dienone is 2. The van der Waals surface area contributed by atoms with E-state index in [-0.39, 0.29) is 17.6 Å². The Balaban J connectivity index is 1.92. The highest BCUT2D eigenvalue weighted by atomic mass is 16.5. The van der Waals surface area contributed by atoms with Crippen molar-refractivity contribution in [3.63, 3.8) is 0 Å². The van der Waals surface area contributed by atoms with Gasteiger partial charge < -0.3 is 9.47 Å². The van der Waals surface area contributed by atoms with Gasteiger partial charge in [0.1, 0.15) is 0 Å². The van der Waals surface area contributed by atoms with Gasteiger partial charge >= 0.3 is 11.9 Å². The highest BCUT2D eigenvalue weighted by molar-refractivity contribution is 6.07. The number of carbonyl (C=O) groups excluding carboxylic acids is 3. The molecular weight excluding hydrogens is 284 g/mol. The van der Waals surface area contributed by atoms with Crippen LogP contribution in [0.4, 0.5) is 0 Å². The number of ketones is 1. The third-order valence-electron chi connectivity index (χ3n) is 6.93. The Morgan fingerprint density at radius 1 is 1.00 bits per heavy atom. The van der Waals surface area contributed by atoms with E-state index in [2.05, 4.69) is 0 Å². The Labute approximate surface area is 129 Å². The summed E-state index contributed by atoms with van der Waals surface area (Å²) in [7, 11) is 2.66. The summed E-state index contributed by atoms with van der Waals surface area (Å²) in [6.45, 7) is 0. The minimum absolute atomic E-state index is 0.0115. The molecule has 0 aromatic rings. The molecule has 5 heteroatoms. The van der Waals surface area contributed by atoms with E-state index in [1.54, 1.807) is 6.08 Å². The fourth-order valence-electron chi connectivity index (χ4n) is 6.40. The Morgan fingerprint density at radius 2 is 1.55 bits per heavy atom. The lowest BCUT2D eigenvalue weighted by Crippen LogP contribution is -2.78. The summed E-state index contributed by atoms with van der Waals surface area (Å²) in [5.41, 5.74) is -1.27. The molecule has 5 rings (SSSR count). The van der Waals surface area contributed by atoms with Gasteiger partial charge in [-0.25, -0.2) is 0 Å². The molecule has 4 fully saturated rings. The van der Waals surface area contributed by atoms with Crippen LogP contribution in [0.5, 0.6) is 0 Å². The van der Waals surface area contributed by atoms with Crippen molar-refractivity contribution in [2.24, 2.45) is 34.5 Å². The van der Waals surface area contributed by atoms with E-state index in [1.807, 2.05) is 6.08 Å². The van der Waals surface area contributed by atoms with Gasteiger partial charge in [-0.3, -0.25) is 14.4 Å². The molecule has 5 aliphatic carbocycles. The first-order chi connectivity index (χ1) is 10.6. The fourth-order valence-corrected chi connectivity index (χ4v) is 6.40. The number of ether oxygens (including phenoxy) is 2. The fraction of sp³-hybridized carbons (Fsp3) is 0.706. The SMILES string of the molecule is COC(=O)C1C(C(=O)OC)C23C(=O)C=CC12C1CCC3CC1. The molecule has 5 aliphatic rings. The van der Waals surface area contributed by atoms with E-state index in [0.29, 0.717) is 0 Å². The van der Waals surface area contributed by atoms with E-state index < -0.39 is 34.6 Å². The first-order valence-corrected chi connectivity index (χ1v) is 7.95. The number of hydrogen-bond donors (Lipinski definition) is 0. The molecule has 5 nitrogen and oxygen atoms in total. The Bertz CT molecular complexity index is 600. The number of rotatable bonds is 2. The van der Waals surface area contributed by atoms with Gasteiger partial charge in [0.15, 0.2) is 5.78 Å². The molecule has 4 atom stereocenters. The quantitative estimate of drug-likeness (QED) is 0.723. The normalized spacial score (nSPS) is 47.5. The van der Waals surface area contributed by atoms with Crippen molar-refractivity contribution >= 4 is 17.7 Å². The zero-order valence-corrected chi connectivity index (χ0v) is 12.8. The van der Waals surface area contributed by atoms with Crippen LogP contribution >= 0.6 is 0 Å². The van der Waals surface area contributed by atoms with Crippen LogP contribution in [0.25, 0.3) is 0 Å². The maximum absolute atomic E-state index is 12.8. The van der Waals surface area contributed by atoms with Crippen molar-refractivity contribution in [3.8, 4) is 0 Å².